The van der Waals surface area contributed by atoms with Gasteiger partial charge in [0.1, 0.15) is 12.4 Å². The van der Waals surface area contributed by atoms with E-state index in [2.05, 4.69) is 72.6 Å². The van der Waals surface area contributed by atoms with Gasteiger partial charge in [0.2, 0.25) is 0 Å². The number of benzene rings is 3. The summed E-state index contributed by atoms with van der Waals surface area (Å²) in [6.07, 6.45) is 0. The van der Waals surface area contributed by atoms with Crippen molar-refractivity contribution in [2.45, 2.75) is 39.8 Å². The fourth-order valence-corrected chi connectivity index (χ4v) is 4.20. The number of hydrogen-bond acceptors (Lipinski definition) is 3. The molecule has 3 aromatic carbocycles. The van der Waals surface area contributed by atoms with Gasteiger partial charge in [-0.1, -0.05) is 42.5 Å². The van der Waals surface area contributed by atoms with E-state index in [1.165, 1.54) is 0 Å². The van der Waals surface area contributed by atoms with Crippen LogP contribution in [0.5, 0.6) is 5.75 Å². The fourth-order valence-electron chi connectivity index (χ4n) is 3.71. The molecule has 0 aliphatic carbocycles. The van der Waals surface area contributed by atoms with E-state index in [1.807, 2.05) is 60.7 Å². The second-order valence-electron chi connectivity index (χ2n) is 8.32. The Hall–Kier alpha value is -2.38. The van der Waals surface area contributed by atoms with Crippen molar-refractivity contribution in [3.8, 4) is 16.9 Å². The Morgan fingerprint density at radius 3 is 2.16 bits per heavy atom. The summed E-state index contributed by atoms with van der Waals surface area (Å²) in [4.78, 5) is 15.2. The lowest BCUT2D eigenvalue weighted by atomic mass is 10.0. The topological polar surface area (TPSA) is 41.6 Å². The Balaban J connectivity index is 1.63. The molecule has 0 spiro atoms. The molecule has 0 aliphatic heterocycles. The highest BCUT2D eigenvalue weighted by molar-refractivity contribution is 14.1. The third kappa shape index (κ3) is 6.56. The van der Waals surface area contributed by atoms with Crippen molar-refractivity contribution in [3.05, 3.63) is 81.9 Å². The summed E-state index contributed by atoms with van der Waals surface area (Å²) in [6.45, 7) is 10.3. The van der Waals surface area contributed by atoms with Crippen LogP contribution in [0.3, 0.4) is 0 Å². The molecule has 3 aromatic rings. The molecule has 5 heteroatoms. The van der Waals surface area contributed by atoms with Crippen molar-refractivity contribution >= 4 is 34.2 Å². The highest BCUT2D eigenvalue weighted by Crippen LogP contribution is 2.26. The van der Waals surface area contributed by atoms with E-state index in [4.69, 9.17) is 4.74 Å². The zero-order valence-electron chi connectivity index (χ0n) is 19.1. The maximum atomic E-state index is 12.8. The standard InChI is InChI=1S/C27H31IN2O2/c1-19(2)30(20(3)4)16-17-32-26-18-24(14-15-25(26)28)29-27(31)23-12-10-22(11-13-23)21-8-6-5-7-9-21/h5-15,18-20H,16-17H2,1-4H3,(H,29,31). The average Bonchev–Trinajstić information content (AvgIpc) is 2.78. The minimum absolute atomic E-state index is 0.137. The molecule has 0 saturated carbocycles. The molecule has 1 N–H and O–H groups in total. The molecule has 0 unspecified atom stereocenters. The highest BCUT2D eigenvalue weighted by atomic mass is 127. The second kappa shape index (κ2) is 11.5. The predicted molar refractivity (Wildman–Crippen MR) is 141 cm³/mol. The molecule has 0 fully saturated rings. The number of nitrogens with one attached hydrogen (secondary N) is 1. The van der Waals surface area contributed by atoms with E-state index in [9.17, 15) is 4.79 Å². The molecule has 1 amide bonds. The van der Waals surface area contributed by atoms with E-state index >= 15 is 0 Å². The van der Waals surface area contributed by atoms with Crippen LogP contribution in [0.15, 0.2) is 72.8 Å². The highest BCUT2D eigenvalue weighted by Gasteiger charge is 2.14. The first-order valence-corrected chi connectivity index (χ1v) is 12.1. The zero-order valence-corrected chi connectivity index (χ0v) is 21.3. The van der Waals surface area contributed by atoms with Crippen LogP contribution in [0.1, 0.15) is 38.1 Å². The number of hydrogen-bond donors (Lipinski definition) is 1. The molecular formula is C27H31IN2O2. The Labute approximate surface area is 205 Å². The van der Waals surface area contributed by atoms with Crippen LogP contribution in [-0.4, -0.2) is 36.0 Å². The van der Waals surface area contributed by atoms with E-state index in [0.29, 0.717) is 24.3 Å². The number of carbonyl (C=O) groups excluding carboxylic acids is 1. The molecule has 0 saturated heterocycles. The Morgan fingerprint density at radius 1 is 0.906 bits per heavy atom. The van der Waals surface area contributed by atoms with Gasteiger partial charge in [-0.3, -0.25) is 9.69 Å². The Kier molecular flexibility index (Phi) is 8.70. The summed E-state index contributed by atoms with van der Waals surface area (Å²) < 4.78 is 7.08. The summed E-state index contributed by atoms with van der Waals surface area (Å²) in [5.74, 6) is 0.651. The van der Waals surface area contributed by atoms with Crippen molar-refractivity contribution in [2.75, 3.05) is 18.5 Å². The van der Waals surface area contributed by atoms with Crippen LogP contribution in [0, 0.1) is 3.57 Å². The Bertz CT molecular complexity index is 1010. The third-order valence-corrected chi connectivity index (χ3v) is 6.27. The van der Waals surface area contributed by atoms with Crippen LogP contribution in [-0.2, 0) is 0 Å². The zero-order chi connectivity index (χ0) is 23.1. The summed E-state index contributed by atoms with van der Waals surface area (Å²) in [5, 5.41) is 2.99. The second-order valence-corrected chi connectivity index (χ2v) is 9.48. The lowest BCUT2D eigenvalue weighted by Gasteiger charge is -2.30. The maximum absolute atomic E-state index is 12.8. The van der Waals surface area contributed by atoms with E-state index in [-0.39, 0.29) is 5.91 Å². The van der Waals surface area contributed by atoms with Crippen LogP contribution >= 0.6 is 22.6 Å². The van der Waals surface area contributed by atoms with Crippen molar-refractivity contribution in [2.24, 2.45) is 0 Å². The van der Waals surface area contributed by atoms with Crippen LogP contribution in [0.4, 0.5) is 5.69 Å². The van der Waals surface area contributed by atoms with Crippen LogP contribution in [0.2, 0.25) is 0 Å². The van der Waals surface area contributed by atoms with Gasteiger partial charge in [-0.25, -0.2) is 0 Å². The first-order valence-electron chi connectivity index (χ1n) is 11.0. The van der Waals surface area contributed by atoms with Crippen LogP contribution in [0.25, 0.3) is 11.1 Å². The number of ether oxygens (including phenoxy) is 1. The summed E-state index contributed by atoms with van der Waals surface area (Å²) in [5.41, 5.74) is 3.56. The number of amides is 1. The lowest BCUT2D eigenvalue weighted by molar-refractivity contribution is 0.102. The molecule has 32 heavy (non-hydrogen) atoms. The molecular weight excluding hydrogens is 511 g/mol. The molecule has 0 aromatic heterocycles. The third-order valence-electron chi connectivity index (χ3n) is 5.38. The number of carbonyl (C=O) groups is 1. The first kappa shape index (κ1) is 24.3. The number of rotatable bonds is 9. The molecule has 0 aliphatic rings. The van der Waals surface area contributed by atoms with E-state index in [0.717, 1.165) is 32.7 Å². The van der Waals surface area contributed by atoms with Gasteiger partial charge >= 0.3 is 0 Å². The molecule has 168 valence electrons. The SMILES string of the molecule is CC(C)N(CCOc1cc(NC(=O)c2ccc(-c3ccccc3)cc2)ccc1I)C(C)C. The van der Waals surface area contributed by atoms with Gasteiger partial charge < -0.3 is 10.1 Å². The first-order chi connectivity index (χ1) is 15.3. The van der Waals surface area contributed by atoms with Gasteiger partial charge in [0.15, 0.2) is 0 Å². The average molecular weight is 542 g/mol. The van der Waals surface area contributed by atoms with Gasteiger partial charge in [0.25, 0.3) is 5.91 Å². The molecule has 0 heterocycles. The Morgan fingerprint density at radius 2 is 1.53 bits per heavy atom. The molecule has 4 nitrogen and oxygen atoms in total. The fraction of sp³-hybridized carbons (Fsp3) is 0.296. The van der Waals surface area contributed by atoms with Gasteiger partial charge in [-0.05, 0) is 85.7 Å². The molecule has 0 bridgehead atoms. The van der Waals surface area contributed by atoms with Gasteiger partial charge in [-0.15, -0.1) is 0 Å². The largest absolute Gasteiger partial charge is 0.491 e. The summed E-state index contributed by atoms with van der Waals surface area (Å²) in [7, 11) is 0. The normalized spacial score (nSPS) is 11.2. The number of halogens is 1. The lowest BCUT2D eigenvalue weighted by Crippen LogP contribution is -2.39. The van der Waals surface area contributed by atoms with Crippen molar-refractivity contribution in [1.29, 1.82) is 0 Å². The summed E-state index contributed by atoms with van der Waals surface area (Å²) >= 11 is 2.26. The van der Waals surface area contributed by atoms with Gasteiger partial charge in [0, 0.05) is 35.9 Å². The predicted octanol–water partition coefficient (Wildman–Crippen LogP) is 6.71. The summed E-state index contributed by atoms with van der Waals surface area (Å²) in [6, 6.07) is 24.5. The maximum Gasteiger partial charge on any atom is 0.255 e. The monoisotopic (exact) mass is 542 g/mol. The van der Waals surface area contributed by atoms with Crippen molar-refractivity contribution in [1.82, 2.24) is 4.90 Å². The quantitative estimate of drug-likeness (QED) is 0.306. The molecule has 3 rings (SSSR count). The van der Waals surface area contributed by atoms with Gasteiger partial charge in [-0.2, -0.15) is 0 Å². The van der Waals surface area contributed by atoms with Crippen LogP contribution < -0.4 is 10.1 Å². The molecule has 0 radical (unpaired) electrons. The minimum Gasteiger partial charge on any atom is -0.491 e. The van der Waals surface area contributed by atoms with Gasteiger partial charge in [0.05, 0.1) is 3.57 Å². The van der Waals surface area contributed by atoms with Crippen molar-refractivity contribution < 1.29 is 9.53 Å². The molecule has 0 atom stereocenters. The van der Waals surface area contributed by atoms with E-state index in [1.54, 1.807) is 0 Å². The smallest absolute Gasteiger partial charge is 0.255 e. The minimum atomic E-state index is -0.137. The number of nitrogens with zero attached hydrogens (tertiary/aromatic N) is 1. The van der Waals surface area contributed by atoms with Crippen molar-refractivity contribution in [3.63, 3.8) is 0 Å². The number of anilines is 1. The van der Waals surface area contributed by atoms with E-state index < -0.39 is 0 Å².